The van der Waals surface area contributed by atoms with Crippen molar-refractivity contribution in [2.75, 3.05) is 0 Å². The van der Waals surface area contributed by atoms with E-state index in [2.05, 4.69) is 0 Å². The number of rotatable bonds is 2. The van der Waals surface area contributed by atoms with Gasteiger partial charge in [-0.05, 0) is 17.5 Å². The second-order valence-electron chi connectivity index (χ2n) is 2.90. The zero-order chi connectivity index (χ0) is 10.1. The van der Waals surface area contributed by atoms with Crippen LogP contribution in [0, 0.1) is 0 Å². The Morgan fingerprint density at radius 1 is 1.50 bits per heavy atom. The molecule has 0 radical (unpaired) electrons. The third kappa shape index (κ3) is 1.20. The van der Waals surface area contributed by atoms with Crippen molar-refractivity contribution in [3.63, 3.8) is 0 Å². The van der Waals surface area contributed by atoms with E-state index < -0.39 is 0 Å². The number of carbonyl (C=O) groups excluding carboxylic acids is 1. The second kappa shape index (κ2) is 3.40. The number of aldehydes is 1. The fourth-order valence-electron chi connectivity index (χ4n) is 1.46. The van der Waals surface area contributed by atoms with Gasteiger partial charge in [0.1, 0.15) is 5.75 Å². The van der Waals surface area contributed by atoms with E-state index in [-0.39, 0.29) is 12.4 Å². The van der Waals surface area contributed by atoms with Crippen molar-refractivity contribution in [3.05, 3.63) is 28.6 Å². The molecule has 0 amide bonds. The highest BCUT2D eigenvalue weighted by atomic mass is 32.1. The first-order valence-electron chi connectivity index (χ1n) is 4.06. The normalized spacial score (nSPS) is 10.6. The van der Waals surface area contributed by atoms with Gasteiger partial charge in [0.2, 0.25) is 0 Å². The Morgan fingerprint density at radius 2 is 2.29 bits per heavy atom. The molecule has 0 bridgehead atoms. The van der Waals surface area contributed by atoms with Crippen LogP contribution >= 0.6 is 11.3 Å². The van der Waals surface area contributed by atoms with Crippen molar-refractivity contribution in [1.82, 2.24) is 0 Å². The molecule has 0 spiro atoms. The van der Waals surface area contributed by atoms with Crippen LogP contribution in [0.15, 0.2) is 17.5 Å². The molecule has 0 saturated carbocycles. The van der Waals surface area contributed by atoms with Gasteiger partial charge in [-0.15, -0.1) is 11.3 Å². The van der Waals surface area contributed by atoms with E-state index in [1.165, 1.54) is 17.4 Å². The highest BCUT2D eigenvalue weighted by molar-refractivity contribution is 7.17. The van der Waals surface area contributed by atoms with Gasteiger partial charge in [0.25, 0.3) is 0 Å². The Kier molecular flexibility index (Phi) is 2.23. The molecule has 14 heavy (non-hydrogen) atoms. The van der Waals surface area contributed by atoms with Crippen LogP contribution in [-0.4, -0.2) is 16.5 Å². The number of thiophene rings is 1. The number of phenolic OH excluding ortho intramolecular Hbond substituents is 1. The molecular weight excluding hydrogens is 200 g/mol. The summed E-state index contributed by atoms with van der Waals surface area (Å²) in [5.41, 5.74) is 0.933. The van der Waals surface area contributed by atoms with E-state index in [0.29, 0.717) is 22.8 Å². The highest BCUT2D eigenvalue weighted by Gasteiger charge is 2.11. The predicted octanol–water partition coefficient (Wildman–Crippen LogP) is 1.91. The van der Waals surface area contributed by atoms with E-state index >= 15 is 0 Å². The lowest BCUT2D eigenvalue weighted by Crippen LogP contribution is -1.92. The van der Waals surface area contributed by atoms with E-state index in [4.69, 9.17) is 5.11 Å². The molecule has 3 nitrogen and oxygen atoms in total. The Hall–Kier alpha value is -1.39. The van der Waals surface area contributed by atoms with Crippen LogP contribution in [0.1, 0.15) is 15.9 Å². The first-order chi connectivity index (χ1) is 6.77. The quantitative estimate of drug-likeness (QED) is 0.741. The molecule has 0 aliphatic heterocycles. The molecule has 0 aliphatic rings. The van der Waals surface area contributed by atoms with Crippen LogP contribution in [-0.2, 0) is 6.61 Å². The van der Waals surface area contributed by atoms with Gasteiger partial charge in [-0.25, -0.2) is 0 Å². The molecule has 2 aromatic rings. The second-order valence-corrected chi connectivity index (χ2v) is 3.82. The predicted molar refractivity (Wildman–Crippen MR) is 54.8 cm³/mol. The van der Waals surface area contributed by atoms with Crippen LogP contribution in [0.4, 0.5) is 0 Å². The van der Waals surface area contributed by atoms with Gasteiger partial charge in [-0.1, -0.05) is 0 Å². The number of aliphatic hydroxyl groups is 1. The number of fused-ring (bicyclic) bond motifs is 1. The van der Waals surface area contributed by atoms with Crippen LogP contribution in [0.5, 0.6) is 5.75 Å². The van der Waals surface area contributed by atoms with Gasteiger partial charge in [0, 0.05) is 21.2 Å². The average Bonchev–Trinajstić information content (AvgIpc) is 2.66. The van der Waals surface area contributed by atoms with Crippen molar-refractivity contribution in [2.45, 2.75) is 6.61 Å². The molecule has 1 aromatic carbocycles. The molecule has 4 heteroatoms. The number of aromatic hydroxyl groups is 1. The summed E-state index contributed by atoms with van der Waals surface area (Å²) < 4.78 is 0.773. The van der Waals surface area contributed by atoms with E-state index in [0.717, 1.165) is 4.70 Å². The lowest BCUT2D eigenvalue weighted by Gasteiger charge is -2.04. The topological polar surface area (TPSA) is 57.5 Å². The van der Waals surface area contributed by atoms with E-state index in [1.807, 2.05) is 5.38 Å². The molecule has 1 heterocycles. The number of carbonyl (C=O) groups is 1. The maximum atomic E-state index is 10.7. The molecule has 2 N–H and O–H groups in total. The van der Waals surface area contributed by atoms with Crippen molar-refractivity contribution in [2.24, 2.45) is 0 Å². The maximum Gasteiger partial charge on any atom is 0.150 e. The highest BCUT2D eigenvalue weighted by Crippen LogP contribution is 2.33. The van der Waals surface area contributed by atoms with Crippen molar-refractivity contribution in [1.29, 1.82) is 0 Å². The number of phenols is 1. The van der Waals surface area contributed by atoms with Gasteiger partial charge >= 0.3 is 0 Å². The lowest BCUT2D eigenvalue weighted by atomic mass is 10.1. The summed E-state index contributed by atoms with van der Waals surface area (Å²) >= 11 is 1.40. The SMILES string of the molecule is O=Cc1cc(O)c2ccsc2c1CO. The lowest BCUT2D eigenvalue weighted by molar-refractivity contribution is 0.112. The summed E-state index contributed by atoms with van der Waals surface area (Å²) in [4.78, 5) is 10.7. The molecule has 0 unspecified atom stereocenters. The smallest absolute Gasteiger partial charge is 0.150 e. The van der Waals surface area contributed by atoms with Gasteiger partial charge in [-0.3, -0.25) is 4.79 Å². The van der Waals surface area contributed by atoms with Crippen molar-refractivity contribution in [3.8, 4) is 5.75 Å². The first-order valence-corrected chi connectivity index (χ1v) is 4.94. The molecule has 72 valence electrons. The van der Waals surface area contributed by atoms with Gasteiger partial charge in [0.05, 0.1) is 6.61 Å². The van der Waals surface area contributed by atoms with E-state index in [9.17, 15) is 9.90 Å². The van der Waals surface area contributed by atoms with Crippen molar-refractivity contribution >= 4 is 27.7 Å². The third-order valence-corrected chi connectivity index (χ3v) is 3.12. The summed E-state index contributed by atoms with van der Waals surface area (Å²) in [6, 6.07) is 3.15. The molecule has 2 rings (SSSR count). The standard InChI is InChI=1S/C10H8O3S/c11-4-6-3-9(13)7-1-2-14-10(7)8(6)5-12/h1-4,12-13H,5H2. The molecule has 0 atom stereocenters. The van der Waals surface area contributed by atoms with Crippen LogP contribution < -0.4 is 0 Å². The maximum absolute atomic E-state index is 10.7. The summed E-state index contributed by atoms with van der Waals surface area (Å²) in [6.07, 6.45) is 0.643. The zero-order valence-corrected chi connectivity index (χ0v) is 8.04. The Labute approximate surface area is 84.2 Å². The minimum Gasteiger partial charge on any atom is -0.507 e. The number of aliphatic hydroxyl groups excluding tert-OH is 1. The monoisotopic (exact) mass is 208 g/mol. The van der Waals surface area contributed by atoms with Gasteiger partial charge < -0.3 is 10.2 Å². The van der Waals surface area contributed by atoms with Gasteiger partial charge in [-0.2, -0.15) is 0 Å². The number of hydrogen-bond acceptors (Lipinski definition) is 4. The van der Waals surface area contributed by atoms with Gasteiger partial charge in [0.15, 0.2) is 6.29 Å². The minimum atomic E-state index is -0.189. The molecular formula is C10H8O3S. The fourth-order valence-corrected chi connectivity index (χ4v) is 2.42. The summed E-state index contributed by atoms with van der Waals surface area (Å²) in [6.45, 7) is -0.189. The largest absolute Gasteiger partial charge is 0.507 e. The zero-order valence-electron chi connectivity index (χ0n) is 7.23. The molecule has 0 saturated heterocycles. The van der Waals surface area contributed by atoms with Crippen molar-refractivity contribution < 1.29 is 15.0 Å². The molecule has 0 aliphatic carbocycles. The van der Waals surface area contributed by atoms with E-state index in [1.54, 1.807) is 6.07 Å². The Bertz CT molecular complexity index is 487. The minimum absolute atomic E-state index is 0.0838. The molecule has 1 aromatic heterocycles. The van der Waals surface area contributed by atoms with Crippen LogP contribution in [0.2, 0.25) is 0 Å². The number of hydrogen-bond donors (Lipinski definition) is 2. The fraction of sp³-hybridized carbons (Fsp3) is 0.100. The Balaban J connectivity index is 2.88. The Morgan fingerprint density at radius 3 is 2.93 bits per heavy atom. The van der Waals surface area contributed by atoms with Crippen LogP contribution in [0.3, 0.4) is 0 Å². The molecule has 0 fully saturated rings. The number of benzene rings is 1. The summed E-state index contributed by atoms with van der Waals surface area (Å²) in [7, 11) is 0. The summed E-state index contributed by atoms with van der Waals surface area (Å²) in [5, 5.41) is 21.2. The average molecular weight is 208 g/mol. The first kappa shape index (κ1) is 9.18. The van der Waals surface area contributed by atoms with Crippen LogP contribution in [0.25, 0.3) is 10.1 Å². The summed E-state index contributed by atoms with van der Waals surface area (Å²) in [5.74, 6) is 0.0838. The third-order valence-electron chi connectivity index (χ3n) is 2.14.